The van der Waals surface area contributed by atoms with Crippen molar-refractivity contribution in [2.75, 3.05) is 0 Å². The van der Waals surface area contributed by atoms with Crippen LogP contribution in [0.5, 0.6) is 0 Å². The number of benzene rings is 2. The summed E-state index contributed by atoms with van der Waals surface area (Å²) in [4.78, 5) is 13.2. The van der Waals surface area contributed by atoms with Gasteiger partial charge in [0.05, 0.1) is 22.3 Å². The number of carbonyl (C=O) groups is 1. The van der Waals surface area contributed by atoms with Gasteiger partial charge in [-0.25, -0.2) is 4.52 Å². The van der Waals surface area contributed by atoms with Crippen LogP contribution in [-0.2, 0) is 6.54 Å². The molecule has 0 atom stereocenters. The van der Waals surface area contributed by atoms with E-state index in [2.05, 4.69) is 48.3 Å². The minimum Gasteiger partial charge on any atom is -0.320 e. The van der Waals surface area contributed by atoms with Gasteiger partial charge < -0.3 is 4.57 Å². The number of imidazole rings is 1. The third-order valence-corrected chi connectivity index (χ3v) is 5.10. The Labute approximate surface area is 164 Å². The summed E-state index contributed by atoms with van der Waals surface area (Å²) < 4.78 is 3.97. The summed E-state index contributed by atoms with van der Waals surface area (Å²) in [5.41, 5.74) is 7.58. The predicted molar refractivity (Wildman–Crippen MR) is 115 cm³/mol. The lowest BCUT2D eigenvalue weighted by Crippen LogP contribution is -2.02. The molecule has 2 heterocycles. The summed E-state index contributed by atoms with van der Waals surface area (Å²) in [6.45, 7) is 10.5. The number of rotatable bonds is 5. The molecular formula is C24H23N3O. The number of hydrogen-bond donors (Lipinski definition) is 0. The van der Waals surface area contributed by atoms with Crippen molar-refractivity contribution in [2.45, 2.75) is 27.3 Å². The molecule has 0 aliphatic rings. The fraction of sp³-hybridized carbons (Fsp3) is 0.167. The summed E-state index contributed by atoms with van der Waals surface area (Å²) in [7, 11) is 0. The van der Waals surface area contributed by atoms with E-state index in [9.17, 15) is 4.79 Å². The fourth-order valence-electron chi connectivity index (χ4n) is 3.71. The van der Waals surface area contributed by atoms with Crippen molar-refractivity contribution in [2.24, 2.45) is 0 Å². The molecule has 0 fully saturated rings. The van der Waals surface area contributed by atoms with E-state index < -0.39 is 0 Å². The molecule has 0 amide bonds. The SMILES string of the molecule is C=CCn1c2ccccc2n2nc(C)c(C(=O)C=Cc3cc(C)ccc3C)c12. The van der Waals surface area contributed by atoms with Gasteiger partial charge in [0.25, 0.3) is 0 Å². The predicted octanol–water partition coefficient (Wildman–Crippen LogP) is 5.30. The molecule has 0 saturated carbocycles. The smallest absolute Gasteiger partial charge is 0.191 e. The first-order valence-corrected chi connectivity index (χ1v) is 9.38. The molecular weight excluding hydrogens is 346 g/mol. The number of allylic oxidation sites excluding steroid dienone is 2. The van der Waals surface area contributed by atoms with Crippen LogP contribution in [0.4, 0.5) is 0 Å². The van der Waals surface area contributed by atoms with Gasteiger partial charge in [-0.1, -0.05) is 48.0 Å². The second kappa shape index (κ2) is 6.97. The minimum absolute atomic E-state index is 0.0403. The Hall–Kier alpha value is -3.40. The molecule has 0 N–H and O–H groups in total. The quantitative estimate of drug-likeness (QED) is 0.272. The van der Waals surface area contributed by atoms with Crippen molar-refractivity contribution in [1.29, 1.82) is 0 Å². The van der Waals surface area contributed by atoms with E-state index in [1.807, 2.05) is 47.9 Å². The maximum atomic E-state index is 13.2. The van der Waals surface area contributed by atoms with E-state index in [-0.39, 0.29) is 5.78 Å². The first kappa shape index (κ1) is 18.0. The summed E-state index contributed by atoms with van der Waals surface area (Å²) in [6.07, 6.45) is 5.39. The third kappa shape index (κ3) is 2.87. The minimum atomic E-state index is -0.0403. The Morgan fingerprint density at radius 1 is 1.11 bits per heavy atom. The number of aromatic nitrogens is 3. The molecule has 0 bridgehead atoms. The highest BCUT2D eigenvalue weighted by Gasteiger charge is 2.21. The van der Waals surface area contributed by atoms with Crippen LogP contribution in [0.15, 0.2) is 61.2 Å². The molecule has 0 aliphatic heterocycles. The van der Waals surface area contributed by atoms with Crippen molar-refractivity contribution >= 4 is 28.5 Å². The zero-order valence-corrected chi connectivity index (χ0v) is 16.4. The number of fused-ring (bicyclic) bond motifs is 3. The molecule has 4 rings (SSSR count). The van der Waals surface area contributed by atoms with Crippen molar-refractivity contribution in [3.8, 4) is 0 Å². The number of aryl methyl sites for hydroxylation is 3. The lowest BCUT2D eigenvalue weighted by atomic mass is 10.0. The molecule has 0 unspecified atom stereocenters. The Bertz CT molecular complexity index is 1250. The zero-order chi connectivity index (χ0) is 19.8. The van der Waals surface area contributed by atoms with Crippen LogP contribution in [0.25, 0.3) is 22.8 Å². The maximum absolute atomic E-state index is 13.2. The van der Waals surface area contributed by atoms with Crippen LogP contribution in [0.3, 0.4) is 0 Å². The summed E-state index contributed by atoms with van der Waals surface area (Å²) >= 11 is 0. The topological polar surface area (TPSA) is 39.3 Å². The van der Waals surface area contributed by atoms with E-state index >= 15 is 0 Å². The highest BCUT2D eigenvalue weighted by atomic mass is 16.1. The van der Waals surface area contributed by atoms with E-state index in [1.54, 1.807) is 6.08 Å². The van der Waals surface area contributed by atoms with Crippen molar-refractivity contribution in [3.63, 3.8) is 0 Å². The Balaban J connectivity index is 1.87. The summed E-state index contributed by atoms with van der Waals surface area (Å²) in [5.74, 6) is -0.0403. The van der Waals surface area contributed by atoms with Crippen molar-refractivity contribution < 1.29 is 4.79 Å². The van der Waals surface area contributed by atoms with E-state index in [0.29, 0.717) is 12.1 Å². The molecule has 4 nitrogen and oxygen atoms in total. The number of nitrogens with zero attached hydrogens (tertiary/aromatic N) is 3. The molecule has 0 saturated heterocycles. The maximum Gasteiger partial charge on any atom is 0.191 e. The Morgan fingerprint density at radius 2 is 1.86 bits per heavy atom. The zero-order valence-electron chi connectivity index (χ0n) is 16.4. The normalized spacial score (nSPS) is 11.7. The van der Waals surface area contributed by atoms with E-state index in [1.165, 1.54) is 5.56 Å². The van der Waals surface area contributed by atoms with Gasteiger partial charge in [-0.2, -0.15) is 5.10 Å². The van der Waals surface area contributed by atoms with Gasteiger partial charge in [0.2, 0.25) is 0 Å². The van der Waals surface area contributed by atoms with E-state index in [0.717, 1.165) is 33.5 Å². The molecule has 4 aromatic rings. The highest BCUT2D eigenvalue weighted by Crippen LogP contribution is 2.26. The lowest BCUT2D eigenvalue weighted by Gasteiger charge is -2.04. The first-order valence-electron chi connectivity index (χ1n) is 9.38. The molecule has 2 aromatic carbocycles. The van der Waals surface area contributed by atoms with Crippen LogP contribution in [0.2, 0.25) is 0 Å². The summed E-state index contributed by atoms with van der Waals surface area (Å²) in [5, 5.41) is 4.66. The second-order valence-corrected chi connectivity index (χ2v) is 7.14. The standard InChI is InChI=1S/C24H23N3O/c1-5-14-26-20-8-6-7-9-21(20)27-24(26)23(18(4)25-27)22(28)13-12-19-15-16(2)10-11-17(19)3/h5-13,15H,1,14H2,2-4H3. The van der Waals surface area contributed by atoms with Gasteiger partial charge in [0, 0.05) is 6.54 Å². The molecule has 0 spiro atoms. The first-order chi connectivity index (χ1) is 13.5. The molecule has 4 heteroatoms. The van der Waals surface area contributed by atoms with E-state index in [4.69, 9.17) is 0 Å². The number of hydrogen-bond acceptors (Lipinski definition) is 2. The van der Waals surface area contributed by atoms with Gasteiger partial charge in [0.15, 0.2) is 5.78 Å². The number of para-hydroxylation sites is 2. The molecule has 0 radical (unpaired) electrons. The average Bonchev–Trinajstić information content (AvgIpc) is 3.17. The van der Waals surface area contributed by atoms with Gasteiger partial charge >= 0.3 is 0 Å². The van der Waals surface area contributed by atoms with Crippen molar-refractivity contribution in [3.05, 3.63) is 89.1 Å². The average molecular weight is 369 g/mol. The monoisotopic (exact) mass is 369 g/mol. The van der Waals surface area contributed by atoms with Crippen LogP contribution >= 0.6 is 0 Å². The van der Waals surface area contributed by atoms with Gasteiger partial charge in [-0.3, -0.25) is 4.79 Å². The van der Waals surface area contributed by atoms with Crippen LogP contribution < -0.4 is 0 Å². The van der Waals surface area contributed by atoms with Gasteiger partial charge in [0.1, 0.15) is 5.65 Å². The Morgan fingerprint density at radius 3 is 2.61 bits per heavy atom. The lowest BCUT2D eigenvalue weighted by molar-refractivity contribution is 0.104. The molecule has 28 heavy (non-hydrogen) atoms. The molecule has 140 valence electrons. The second-order valence-electron chi connectivity index (χ2n) is 7.14. The van der Waals surface area contributed by atoms with Gasteiger partial charge in [-0.05, 0) is 50.1 Å². The number of ketones is 1. The fourth-order valence-corrected chi connectivity index (χ4v) is 3.71. The molecule has 0 aliphatic carbocycles. The van der Waals surface area contributed by atoms with Crippen LogP contribution in [-0.4, -0.2) is 20.0 Å². The largest absolute Gasteiger partial charge is 0.320 e. The van der Waals surface area contributed by atoms with Crippen LogP contribution in [0.1, 0.15) is 32.7 Å². The highest BCUT2D eigenvalue weighted by molar-refractivity contribution is 6.12. The Kier molecular flexibility index (Phi) is 4.47. The molecule has 2 aromatic heterocycles. The van der Waals surface area contributed by atoms with Gasteiger partial charge in [-0.15, -0.1) is 6.58 Å². The van der Waals surface area contributed by atoms with Crippen molar-refractivity contribution in [1.82, 2.24) is 14.2 Å². The number of carbonyl (C=O) groups excluding carboxylic acids is 1. The summed E-state index contributed by atoms with van der Waals surface area (Å²) in [6, 6.07) is 14.3. The van der Waals surface area contributed by atoms with Crippen LogP contribution in [0, 0.1) is 20.8 Å². The third-order valence-electron chi connectivity index (χ3n) is 5.10.